The highest BCUT2D eigenvalue weighted by atomic mass is 16.5. The van der Waals surface area contributed by atoms with Crippen LogP contribution in [0.3, 0.4) is 0 Å². The summed E-state index contributed by atoms with van der Waals surface area (Å²) in [5, 5.41) is 15.0. The van der Waals surface area contributed by atoms with Crippen molar-refractivity contribution in [2.24, 2.45) is 5.41 Å². The SMILES string of the molecule is C[C@@H](OCc1ccccc1)[C@H](NC(=O)C(C)(C)CCNC(=O)OCC1c2ccccc2-c2ccccc21)C(=O)O. The van der Waals surface area contributed by atoms with Crippen LogP contribution in [0.25, 0.3) is 11.1 Å². The summed E-state index contributed by atoms with van der Waals surface area (Å²) in [6.07, 6.45) is -1.03. The van der Waals surface area contributed by atoms with E-state index in [4.69, 9.17) is 9.47 Å². The second-order valence-electron chi connectivity index (χ2n) is 10.7. The van der Waals surface area contributed by atoms with Gasteiger partial charge in [0.05, 0.1) is 12.7 Å². The first kappa shape index (κ1) is 28.8. The van der Waals surface area contributed by atoms with E-state index in [2.05, 4.69) is 34.9 Å². The van der Waals surface area contributed by atoms with Crippen molar-refractivity contribution >= 4 is 18.0 Å². The summed E-state index contributed by atoms with van der Waals surface area (Å²) in [5.74, 6) is -1.66. The van der Waals surface area contributed by atoms with E-state index in [9.17, 15) is 19.5 Å². The predicted molar refractivity (Wildman–Crippen MR) is 152 cm³/mol. The molecule has 3 aromatic carbocycles. The maximum atomic E-state index is 13.0. The summed E-state index contributed by atoms with van der Waals surface area (Å²) in [6, 6.07) is 24.4. The smallest absolute Gasteiger partial charge is 0.407 e. The maximum absolute atomic E-state index is 13.0. The molecule has 40 heavy (non-hydrogen) atoms. The van der Waals surface area contributed by atoms with Gasteiger partial charge < -0.3 is 25.2 Å². The first-order valence-corrected chi connectivity index (χ1v) is 13.5. The van der Waals surface area contributed by atoms with Crippen LogP contribution >= 0.6 is 0 Å². The molecule has 2 amide bonds. The molecule has 8 nitrogen and oxygen atoms in total. The summed E-state index contributed by atoms with van der Waals surface area (Å²) in [4.78, 5) is 37.4. The number of carbonyl (C=O) groups is 3. The number of hydrogen-bond donors (Lipinski definition) is 3. The van der Waals surface area contributed by atoms with E-state index in [0.717, 1.165) is 27.8 Å². The third kappa shape index (κ3) is 6.87. The zero-order valence-electron chi connectivity index (χ0n) is 23.1. The lowest BCUT2D eigenvalue weighted by atomic mass is 9.87. The fourth-order valence-corrected chi connectivity index (χ4v) is 4.85. The molecule has 4 rings (SSSR count). The highest BCUT2D eigenvalue weighted by Crippen LogP contribution is 2.44. The van der Waals surface area contributed by atoms with Crippen molar-refractivity contribution in [2.45, 2.75) is 51.9 Å². The lowest BCUT2D eigenvalue weighted by Crippen LogP contribution is -2.52. The highest BCUT2D eigenvalue weighted by molar-refractivity contribution is 5.87. The highest BCUT2D eigenvalue weighted by Gasteiger charge is 2.34. The molecule has 2 atom stereocenters. The lowest BCUT2D eigenvalue weighted by Gasteiger charge is -2.28. The number of hydrogen-bond acceptors (Lipinski definition) is 5. The van der Waals surface area contributed by atoms with E-state index in [1.54, 1.807) is 20.8 Å². The first-order chi connectivity index (χ1) is 19.2. The Bertz CT molecular complexity index is 1290. The Morgan fingerprint density at radius 2 is 1.48 bits per heavy atom. The normalized spacial score (nSPS) is 14.0. The van der Waals surface area contributed by atoms with Crippen LogP contribution in [0.2, 0.25) is 0 Å². The van der Waals surface area contributed by atoms with E-state index >= 15 is 0 Å². The molecule has 210 valence electrons. The van der Waals surface area contributed by atoms with E-state index in [1.807, 2.05) is 54.6 Å². The minimum atomic E-state index is -1.22. The van der Waals surface area contributed by atoms with Crippen LogP contribution in [0.1, 0.15) is 49.8 Å². The molecular formula is C32H36N2O6. The van der Waals surface area contributed by atoms with Crippen LogP contribution in [0, 0.1) is 5.41 Å². The molecule has 3 aromatic rings. The Morgan fingerprint density at radius 3 is 2.08 bits per heavy atom. The van der Waals surface area contributed by atoms with Crippen LogP contribution < -0.4 is 10.6 Å². The molecule has 0 radical (unpaired) electrons. The molecule has 0 unspecified atom stereocenters. The molecule has 0 spiro atoms. The third-order valence-electron chi connectivity index (χ3n) is 7.36. The molecule has 0 aromatic heterocycles. The van der Waals surface area contributed by atoms with Gasteiger partial charge in [-0.05, 0) is 41.2 Å². The average Bonchev–Trinajstić information content (AvgIpc) is 3.27. The molecule has 0 heterocycles. The van der Waals surface area contributed by atoms with Crippen molar-refractivity contribution in [3.8, 4) is 11.1 Å². The summed E-state index contributed by atoms with van der Waals surface area (Å²) < 4.78 is 11.3. The average molecular weight is 545 g/mol. The molecular weight excluding hydrogens is 508 g/mol. The third-order valence-corrected chi connectivity index (χ3v) is 7.36. The van der Waals surface area contributed by atoms with Gasteiger partial charge in [-0.2, -0.15) is 0 Å². The fraction of sp³-hybridized carbons (Fsp3) is 0.344. The van der Waals surface area contributed by atoms with Gasteiger partial charge in [0.15, 0.2) is 6.04 Å². The number of carboxylic acid groups (broad SMARTS) is 1. The number of alkyl carbamates (subject to hydrolysis) is 1. The predicted octanol–water partition coefficient (Wildman–Crippen LogP) is 5.12. The molecule has 0 saturated heterocycles. The molecule has 0 saturated carbocycles. The molecule has 1 aliphatic carbocycles. The quantitative estimate of drug-likeness (QED) is 0.292. The summed E-state index contributed by atoms with van der Waals surface area (Å²) in [7, 11) is 0. The zero-order chi connectivity index (χ0) is 28.7. The number of amides is 2. The number of aliphatic carboxylic acids is 1. The van der Waals surface area contributed by atoms with E-state index in [0.29, 0.717) is 0 Å². The Labute approximate surface area is 234 Å². The van der Waals surface area contributed by atoms with Gasteiger partial charge in [0.25, 0.3) is 0 Å². The van der Waals surface area contributed by atoms with Crippen molar-refractivity contribution in [3.05, 3.63) is 95.6 Å². The van der Waals surface area contributed by atoms with Gasteiger partial charge in [0, 0.05) is 17.9 Å². The first-order valence-electron chi connectivity index (χ1n) is 13.5. The van der Waals surface area contributed by atoms with Crippen LogP contribution in [0.4, 0.5) is 4.79 Å². The molecule has 0 fully saturated rings. The number of carboxylic acids is 1. The second kappa shape index (κ2) is 12.8. The van der Waals surface area contributed by atoms with Crippen molar-refractivity contribution in [3.63, 3.8) is 0 Å². The number of benzene rings is 3. The number of fused-ring (bicyclic) bond motifs is 3. The summed E-state index contributed by atoms with van der Waals surface area (Å²) in [5.41, 5.74) is 4.53. The fourth-order valence-electron chi connectivity index (χ4n) is 4.85. The molecule has 0 aliphatic heterocycles. The van der Waals surface area contributed by atoms with Crippen LogP contribution in [0.15, 0.2) is 78.9 Å². The van der Waals surface area contributed by atoms with E-state index in [1.165, 1.54) is 0 Å². The number of carbonyl (C=O) groups excluding carboxylic acids is 2. The van der Waals surface area contributed by atoms with Gasteiger partial charge in [-0.3, -0.25) is 4.79 Å². The maximum Gasteiger partial charge on any atom is 0.407 e. The van der Waals surface area contributed by atoms with Gasteiger partial charge in [0.2, 0.25) is 5.91 Å². The summed E-state index contributed by atoms with van der Waals surface area (Å²) in [6.45, 7) is 5.65. The largest absolute Gasteiger partial charge is 0.480 e. The Kier molecular flexibility index (Phi) is 9.22. The Hall–Kier alpha value is -4.17. The van der Waals surface area contributed by atoms with Crippen molar-refractivity contribution in [1.82, 2.24) is 10.6 Å². The van der Waals surface area contributed by atoms with E-state index in [-0.39, 0.29) is 32.1 Å². The monoisotopic (exact) mass is 544 g/mol. The summed E-state index contributed by atoms with van der Waals surface area (Å²) >= 11 is 0. The molecule has 8 heteroatoms. The number of rotatable bonds is 12. The van der Waals surface area contributed by atoms with Gasteiger partial charge in [-0.15, -0.1) is 0 Å². The van der Waals surface area contributed by atoms with Crippen molar-refractivity contribution in [2.75, 3.05) is 13.2 Å². The van der Waals surface area contributed by atoms with Gasteiger partial charge >= 0.3 is 12.1 Å². The minimum Gasteiger partial charge on any atom is -0.480 e. The van der Waals surface area contributed by atoms with Crippen LogP contribution in [0.5, 0.6) is 0 Å². The zero-order valence-corrected chi connectivity index (χ0v) is 23.1. The van der Waals surface area contributed by atoms with Crippen LogP contribution in [-0.2, 0) is 25.7 Å². The molecule has 0 bridgehead atoms. The van der Waals surface area contributed by atoms with Crippen molar-refractivity contribution in [1.29, 1.82) is 0 Å². The minimum absolute atomic E-state index is 0.0422. The van der Waals surface area contributed by atoms with Crippen molar-refractivity contribution < 1.29 is 29.0 Å². The Balaban J connectivity index is 1.25. The second-order valence-corrected chi connectivity index (χ2v) is 10.7. The molecule has 1 aliphatic rings. The topological polar surface area (TPSA) is 114 Å². The molecule has 3 N–H and O–H groups in total. The lowest BCUT2D eigenvalue weighted by molar-refractivity contribution is -0.148. The number of ether oxygens (including phenoxy) is 2. The van der Waals surface area contributed by atoms with Gasteiger partial charge in [0.1, 0.15) is 6.61 Å². The van der Waals surface area contributed by atoms with Gasteiger partial charge in [-0.25, -0.2) is 9.59 Å². The Morgan fingerprint density at radius 1 is 0.900 bits per heavy atom. The standard InChI is InChI=1S/C32H36N2O6/c1-21(39-19-22-11-5-4-6-12-22)28(29(35)36)34-30(37)32(2,3)17-18-33-31(38)40-20-27-25-15-9-7-13-23(25)24-14-8-10-16-26(24)27/h4-16,21,27-28H,17-20H2,1-3H3,(H,33,38)(H,34,37)(H,35,36)/t21-,28+/m1/s1. The van der Waals surface area contributed by atoms with Gasteiger partial charge in [-0.1, -0.05) is 92.7 Å². The van der Waals surface area contributed by atoms with Crippen LogP contribution in [-0.4, -0.2) is 48.4 Å². The van der Waals surface area contributed by atoms with E-state index < -0.39 is 35.5 Å². The number of nitrogens with one attached hydrogen (secondary N) is 2.